The van der Waals surface area contributed by atoms with E-state index in [0.29, 0.717) is 24.5 Å². The van der Waals surface area contributed by atoms with Gasteiger partial charge in [-0.25, -0.2) is 0 Å². The lowest BCUT2D eigenvalue weighted by Gasteiger charge is -2.49. The number of cyclic esters (lactones) is 1. The zero-order valence-corrected chi connectivity index (χ0v) is 34.7. The number of nitrogens with zero attached hydrogens (tertiary/aromatic N) is 1. The van der Waals surface area contributed by atoms with Crippen molar-refractivity contribution >= 4 is 5.97 Å². The van der Waals surface area contributed by atoms with Crippen molar-refractivity contribution in [2.24, 2.45) is 23.7 Å². The minimum absolute atomic E-state index is 0.173. The van der Waals surface area contributed by atoms with Gasteiger partial charge in [-0.15, -0.1) is 0 Å². The van der Waals surface area contributed by atoms with Crippen LogP contribution < -0.4 is 0 Å². The second-order valence-electron chi connectivity index (χ2n) is 17.7. The van der Waals surface area contributed by atoms with Gasteiger partial charge in [-0.2, -0.15) is 0 Å². The molecule has 53 heavy (non-hydrogen) atoms. The standard InChI is InChI=1S/C40H71NO12/c1-15-28-40(12,46)33(43)23(6)31-21(4)17-39(11,53-31)35(52-37-30(42)27(16-22(5)48-37)41(13)19-20(2)3)24(7)32(25(8)36(45)50-28)51-29-18-38(10,47-14)34(44)26(9)49-29/h20,22-30,32-35,37,42-44,46H,15-19H2,1-14H3/t22-,23+,24+,25-,26+,27+,28-,29+,30-,32+,33-,34+,35-,37+,38-,39+,40-/m1/s1. The zero-order valence-electron chi connectivity index (χ0n) is 34.7. The number of carbonyl (C=O) groups excluding carboxylic acids is 1. The van der Waals surface area contributed by atoms with Gasteiger partial charge in [-0.1, -0.05) is 34.6 Å². The highest BCUT2D eigenvalue weighted by Crippen LogP contribution is 2.47. The molecule has 17 atom stereocenters. The van der Waals surface area contributed by atoms with Crippen LogP contribution in [0.1, 0.15) is 109 Å². The normalized spacial score (nSPS) is 47.5. The Morgan fingerprint density at radius 2 is 1.62 bits per heavy atom. The van der Waals surface area contributed by atoms with Gasteiger partial charge < -0.3 is 58.5 Å². The quantitative estimate of drug-likeness (QED) is 0.251. The Labute approximate surface area is 317 Å². The molecular weight excluding hydrogens is 686 g/mol. The summed E-state index contributed by atoms with van der Waals surface area (Å²) in [6.45, 7) is 23.1. The van der Waals surface area contributed by atoms with Gasteiger partial charge in [0, 0.05) is 44.4 Å². The molecule has 0 aromatic carbocycles. The van der Waals surface area contributed by atoms with E-state index < -0.39 is 95.8 Å². The van der Waals surface area contributed by atoms with Gasteiger partial charge >= 0.3 is 5.97 Å². The van der Waals surface area contributed by atoms with Gasteiger partial charge in [0.1, 0.15) is 41.4 Å². The number of esters is 1. The fourth-order valence-corrected chi connectivity index (χ4v) is 9.36. The Hall–Kier alpha value is -1.39. The molecule has 0 aliphatic carbocycles. The summed E-state index contributed by atoms with van der Waals surface area (Å²) in [7, 11) is 3.53. The van der Waals surface area contributed by atoms with E-state index in [1.54, 1.807) is 34.6 Å². The lowest BCUT2D eigenvalue weighted by molar-refractivity contribution is -0.317. The van der Waals surface area contributed by atoms with Gasteiger partial charge in [-0.05, 0) is 79.8 Å². The Bertz CT molecular complexity index is 1280. The molecule has 2 bridgehead atoms. The Balaban J connectivity index is 1.83. The molecule has 4 rings (SSSR count). The number of likely N-dealkylation sites (N-methyl/N-ethyl adjacent to an activating group) is 1. The summed E-state index contributed by atoms with van der Waals surface area (Å²) in [5.74, 6) is -1.94. The van der Waals surface area contributed by atoms with Crippen LogP contribution in [0, 0.1) is 23.7 Å². The van der Waals surface area contributed by atoms with E-state index in [4.69, 9.17) is 33.2 Å². The first-order valence-corrected chi connectivity index (χ1v) is 19.7. The number of aliphatic hydroxyl groups is 4. The molecule has 0 spiro atoms. The smallest absolute Gasteiger partial charge is 0.311 e. The van der Waals surface area contributed by atoms with E-state index in [0.717, 1.165) is 12.1 Å². The van der Waals surface area contributed by atoms with Crippen molar-refractivity contribution in [3.63, 3.8) is 0 Å². The highest BCUT2D eigenvalue weighted by molar-refractivity contribution is 5.73. The largest absolute Gasteiger partial charge is 0.489 e. The molecule has 13 heteroatoms. The lowest BCUT2D eigenvalue weighted by atomic mass is 9.78. The van der Waals surface area contributed by atoms with E-state index in [-0.39, 0.29) is 25.0 Å². The van der Waals surface area contributed by atoms with Crippen LogP contribution in [0.3, 0.4) is 0 Å². The van der Waals surface area contributed by atoms with Gasteiger partial charge in [0.25, 0.3) is 0 Å². The predicted octanol–water partition coefficient (Wildman–Crippen LogP) is 3.92. The minimum atomic E-state index is -1.82. The maximum absolute atomic E-state index is 14.2. The number of ether oxygens (including phenoxy) is 7. The van der Waals surface area contributed by atoms with E-state index in [1.807, 2.05) is 34.7 Å². The average molecular weight is 758 g/mol. The Morgan fingerprint density at radius 1 is 0.981 bits per heavy atom. The fraction of sp³-hybridized carbons (Fsp3) is 0.925. The summed E-state index contributed by atoms with van der Waals surface area (Å²) in [5, 5.41) is 46.3. The highest BCUT2D eigenvalue weighted by Gasteiger charge is 2.56. The average Bonchev–Trinajstić information content (AvgIpc) is 3.40. The van der Waals surface area contributed by atoms with Crippen LogP contribution in [0.4, 0.5) is 0 Å². The summed E-state index contributed by atoms with van der Waals surface area (Å²) in [4.78, 5) is 16.4. The first kappa shape index (κ1) is 44.3. The molecule has 0 amide bonds. The number of carbonyl (C=O) groups is 1. The molecule has 308 valence electrons. The molecule has 13 nitrogen and oxygen atoms in total. The van der Waals surface area contributed by atoms with Crippen LogP contribution in [0.25, 0.3) is 0 Å². The molecule has 0 aromatic rings. The van der Waals surface area contributed by atoms with Gasteiger partial charge in [0.2, 0.25) is 0 Å². The highest BCUT2D eigenvalue weighted by atomic mass is 16.7. The van der Waals surface area contributed by atoms with Crippen molar-refractivity contribution in [3.05, 3.63) is 11.3 Å². The number of fused-ring (bicyclic) bond motifs is 2. The molecule has 4 aliphatic heterocycles. The molecule has 0 radical (unpaired) electrons. The molecule has 4 heterocycles. The van der Waals surface area contributed by atoms with Gasteiger partial charge in [0.15, 0.2) is 12.6 Å². The summed E-state index contributed by atoms with van der Waals surface area (Å²) in [6, 6.07) is -0.233. The maximum atomic E-state index is 14.2. The number of hydrogen-bond acceptors (Lipinski definition) is 13. The number of aliphatic hydroxyl groups excluding tert-OH is 3. The molecular formula is C40H71NO12. The molecule has 0 saturated carbocycles. The number of rotatable bonds is 9. The number of methoxy groups -OCH3 is 1. The van der Waals surface area contributed by atoms with Crippen molar-refractivity contribution in [3.8, 4) is 0 Å². The third-order valence-electron chi connectivity index (χ3n) is 12.5. The third-order valence-corrected chi connectivity index (χ3v) is 12.5. The van der Waals surface area contributed by atoms with Crippen molar-refractivity contribution in [2.45, 2.75) is 193 Å². The van der Waals surface area contributed by atoms with Crippen molar-refractivity contribution in [1.82, 2.24) is 4.90 Å². The minimum Gasteiger partial charge on any atom is -0.489 e. The maximum Gasteiger partial charge on any atom is 0.311 e. The molecule has 3 saturated heterocycles. The molecule has 0 aromatic heterocycles. The molecule has 3 fully saturated rings. The first-order chi connectivity index (χ1) is 24.5. The van der Waals surface area contributed by atoms with E-state index in [1.165, 1.54) is 14.0 Å². The fourth-order valence-electron chi connectivity index (χ4n) is 9.36. The summed E-state index contributed by atoms with van der Waals surface area (Å²) >= 11 is 0. The van der Waals surface area contributed by atoms with E-state index in [2.05, 4.69) is 18.7 Å². The zero-order chi connectivity index (χ0) is 40.0. The Morgan fingerprint density at radius 3 is 2.21 bits per heavy atom. The van der Waals surface area contributed by atoms with Crippen LogP contribution in [-0.2, 0) is 38.0 Å². The SMILES string of the molecule is CC[C@H]1OC(=O)[C@H](C)[C@@H](O[C@H]2C[C@@](C)(OC)[C@@H](O)[C@H](C)O2)[C@H](C)[C@@H](O[C@@H]2O[C@H](C)C[C@H](N(C)CC(C)C)[C@H]2O)[C@]2(C)CC(C)=C(O2)[C@H](C)[C@@H](O)[C@]1(C)O. The van der Waals surface area contributed by atoms with Gasteiger partial charge in [0.05, 0.1) is 35.9 Å². The van der Waals surface area contributed by atoms with Crippen LogP contribution in [0.2, 0.25) is 0 Å². The van der Waals surface area contributed by atoms with Crippen LogP contribution in [0.5, 0.6) is 0 Å². The number of hydrogen-bond donors (Lipinski definition) is 4. The van der Waals surface area contributed by atoms with Crippen LogP contribution in [-0.4, -0.2) is 136 Å². The van der Waals surface area contributed by atoms with Crippen molar-refractivity contribution in [2.75, 3.05) is 20.7 Å². The lowest BCUT2D eigenvalue weighted by Crippen LogP contribution is -2.60. The third kappa shape index (κ3) is 9.10. The predicted molar refractivity (Wildman–Crippen MR) is 197 cm³/mol. The summed E-state index contributed by atoms with van der Waals surface area (Å²) in [6.07, 6.45) is -7.43. The topological polar surface area (TPSA) is 166 Å². The van der Waals surface area contributed by atoms with Gasteiger partial charge in [-0.3, -0.25) is 4.79 Å². The van der Waals surface area contributed by atoms with E-state index >= 15 is 0 Å². The second-order valence-corrected chi connectivity index (χ2v) is 17.7. The van der Waals surface area contributed by atoms with Crippen molar-refractivity contribution in [1.29, 1.82) is 0 Å². The Kier molecular flexibility index (Phi) is 14.2. The molecule has 0 unspecified atom stereocenters. The molecule has 4 aliphatic rings. The summed E-state index contributed by atoms with van der Waals surface area (Å²) < 4.78 is 45.0. The van der Waals surface area contributed by atoms with Crippen LogP contribution in [0.15, 0.2) is 11.3 Å². The molecule has 4 N–H and O–H groups in total. The van der Waals surface area contributed by atoms with Crippen molar-refractivity contribution < 1.29 is 58.4 Å². The summed E-state index contributed by atoms with van der Waals surface area (Å²) in [5.41, 5.74) is -3.01. The van der Waals surface area contributed by atoms with Crippen LogP contribution >= 0.6 is 0 Å². The van der Waals surface area contributed by atoms with E-state index in [9.17, 15) is 25.2 Å². The first-order valence-electron chi connectivity index (χ1n) is 19.7. The second kappa shape index (κ2) is 17.0. The monoisotopic (exact) mass is 757 g/mol.